The van der Waals surface area contributed by atoms with Gasteiger partial charge in [-0.25, -0.2) is 9.97 Å². The number of hydrogen-bond donors (Lipinski definition) is 3. The standard InChI is InChI=1S/C19H23FN6O/c20-16-10-23-19-18(22-9-13-4-3-7-21-8-13)25-17(11-26(16)19)24-15-6-2-1-5-14(15)12-27/h3-4,7-8,10-11,14-15,24,27H,1-2,5-6,9,12H2,(H,22,25). The fourth-order valence-electron chi connectivity index (χ4n) is 3.64. The van der Waals surface area contributed by atoms with Crippen LogP contribution in [0.4, 0.5) is 16.0 Å². The highest BCUT2D eigenvalue weighted by atomic mass is 19.1. The first-order valence-corrected chi connectivity index (χ1v) is 9.28. The minimum Gasteiger partial charge on any atom is -0.396 e. The molecule has 1 fully saturated rings. The Morgan fingerprint density at radius 3 is 2.96 bits per heavy atom. The first-order valence-electron chi connectivity index (χ1n) is 9.28. The van der Waals surface area contributed by atoms with Gasteiger partial charge in [-0.2, -0.15) is 4.39 Å². The molecule has 0 bridgehead atoms. The second kappa shape index (κ2) is 7.87. The second-order valence-corrected chi connectivity index (χ2v) is 6.94. The van der Waals surface area contributed by atoms with Crippen molar-refractivity contribution in [2.75, 3.05) is 17.2 Å². The van der Waals surface area contributed by atoms with Crippen LogP contribution in [0.2, 0.25) is 0 Å². The molecule has 2 atom stereocenters. The van der Waals surface area contributed by atoms with E-state index in [0.717, 1.165) is 31.2 Å². The van der Waals surface area contributed by atoms with E-state index >= 15 is 0 Å². The fourth-order valence-corrected chi connectivity index (χ4v) is 3.64. The lowest BCUT2D eigenvalue weighted by molar-refractivity contribution is 0.178. The molecule has 0 amide bonds. The molecule has 27 heavy (non-hydrogen) atoms. The maximum atomic E-state index is 14.2. The summed E-state index contributed by atoms with van der Waals surface area (Å²) in [5.74, 6) is 0.820. The Kier molecular flexibility index (Phi) is 5.15. The molecule has 1 aliphatic rings. The van der Waals surface area contributed by atoms with Crippen molar-refractivity contribution in [3.8, 4) is 0 Å². The summed E-state index contributed by atoms with van der Waals surface area (Å²) in [5.41, 5.74) is 1.43. The Morgan fingerprint density at radius 2 is 2.15 bits per heavy atom. The van der Waals surface area contributed by atoms with Crippen LogP contribution in [0.1, 0.15) is 31.2 Å². The largest absolute Gasteiger partial charge is 0.396 e. The van der Waals surface area contributed by atoms with Crippen molar-refractivity contribution in [3.05, 3.63) is 48.4 Å². The Morgan fingerprint density at radius 1 is 1.26 bits per heavy atom. The van der Waals surface area contributed by atoms with E-state index in [1.165, 1.54) is 10.6 Å². The molecule has 142 valence electrons. The SMILES string of the molecule is OCC1CCCCC1Nc1cn2c(F)cnc2c(NCc2cccnc2)n1. The van der Waals surface area contributed by atoms with Crippen molar-refractivity contribution >= 4 is 17.3 Å². The van der Waals surface area contributed by atoms with Crippen LogP contribution in [0.3, 0.4) is 0 Å². The van der Waals surface area contributed by atoms with Crippen molar-refractivity contribution < 1.29 is 9.50 Å². The summed E-state index contributed by atoms with van der Waals surface area (Å²) >= 11 is 0. The van der Waals surface area contributed by atoms with Crippen LogP contribution in [-0.4, -0.2) is 37.1 Å². The highest BCUT2D eigenvalue weighted by Gasteiger charge is 2.25. The Hall–Kier alpha value is -2.74. The van der Waals surface area contributed by atoms with Gasteiger partial charge in [-0.3, -0.25) is 9.38 Å². The van der Waals surface area contributed by atoms with Crippen LogP contribution >= 0.6 is 0 Å². The molecular weight excluding hydrogens is 347 g/mol. The van der Waals surface area contributed by atoms with E-state index in [1.54, 1.807) is 18.6 Å². The van der Waals surface area contributed by atoms with Gasteiger partial charge >= 0.3 is 0 Å². The smallest absolute Gasteiger partial charge is 0.218 e. The lowest BCUT2D eigenvalue weighted by Gasteiger charge is -2.31. The molecule has 3 N–H and O–H groups in total. The number of nitrogens with zero attached hydrogens (tertiary/aromatic N) is 4. The average molecular weight is 370 g/mol. The van der Waals surface area contributed by atoms with Gasteiger partial charge in [0.25, 0.3) is 0 Å². The summed E-state index contributed by atoms with van der Waals surface area (Å²) < 4.78 is 15.5. The molecule has 8 heteroatoms. The third kappa shape index (κ3) is 3.85. The number of aliphatic hydroxyl groups excluding tert-OH is 1. The van der Waals surface area contributed by atoms with Gasteiger partial charge in [0.05, 0.1) is 12.4 Å². The van der Waals surface area contributed by atoms with Crippen LogP contribution in [0.25, 0.3) is 5.65 Å². The van der Waals surface area contributed by atoms with Gasteiger partial charge < -0.3 is 15.7 Å². The summed E-state index contributed by atoms with van der Waals surface area (Å²) in [6.07, 6.45) is 10.5. The van der Waals surface area contributed by atoms with Gasteiger partial charge in [0.2, 0.25) is 5.95 Å². The monoisotopic (exact) mass is 370 g/mol. The first-order chi connectivity index (χ1) is 13.2. The maximum absolute atomic E-state index is 14.2. The summed E-state index contributed by atoms with van der Waals surface area (Å²) in [5, 5.41) is 16.3. The van der Waals surface area contributed by atoms with E-state index in [1.807, 2.05) is 12.1 Å². The lowest BCUT2D eigenvalue weighted by atomic mass is 9.85. The lowest BCUT2D eigenvalue weighted by Crippen LogP contribution is -2.34. The molecule has 3 aromatic heterocycles. The Bertz CT molecular complexity index is 900. The number of anilines is 2. The minimum atomic E-state index is -0.442. The van der Waals surface area contributed by atoms with Crippen LogP contribution in [0, 0.1) is 11.9 Å². The molecule has 1 saturated carbocycles. The van der Waals surface area contributed by atoms with Crippen molar-refractivity contribution in [2.24, 2.45) is 5.92 Å². The predicted molar refractivity (Wildman–Crippen MR) is 101 cm³/mol. The van der Waals surface area contributed by atoms with Crippen LogP contribution in [0.5, 0.6) is 0 Å². The average Bonchev–Trinajstić information content (AvgIpc) is 3.08. The first kappa shape index (κ1) is 17.7. The van der Waals surface area contributed by atoms with Crippen molar-refractivity contribution in [1.82, 2.24) is 19.4 Å². The highest BCUT2D eigenvalue weighted by molar-refractivity contribution is 5.65. The van der Waals surface area contributed by atoms with E-state index in [9.17, 15) is 9.50 Å². The number of pyridine rings is 1. The molecule has 3 heterocycles. The summed E-state index contributed by atoms with van der Waals surface area (Å²) in [7, 11) is 0. The van der Waals surface area contributed by atoms with Gasteiger partial charge in [0.15, 0.2) is 11.5 Å². The van der Waals surface area contributed by atoms with E-state index < -0.39 is 5.95 Å². The van der Waals surface area contributed by atoms with E-state index in [2.05, 4.69) is 25.6 Å². The number of rotatable bonds is 6. The number of imidazole rings is 1. The van der Waals surface area contributed by atoms with E-state index in [0.29, 0.717) is 23.8 Å². The zero-order chi connectivity index (χ0) is 18.6. The van der Waals surface area contributed by atoms with E-state index in [-0.39, 0.29) is 18.6 Å². The third-order valence-electron chi connectivity index (χ3n) is 5.11. The van der Waals surface area contributed by atoms with Gasteiger partial charge in [0, 0.05) is 37.5 Å². The Labute approximate surface area is 156 Å². The van der Waals surface area contributed by atoms with Crippen molar-refractivity contribution in [3.63, 3.8) is 0 Å². The second-order valence-electron chi connectivity index (χ2n) is 6.94. The normalized spacial score (nSPS) is 19.9. The number of nitrogens with one attached hydrogen (secondary N) is 2. The predicted octanol–water partition coefficient (Wildman–Crippen LogP) is 2.84. The molecule has 7 nitrogen and oxygen atoms in total. The third-order valence-corrected chi connectivity index (χ3v) is 5.11. The molecule has 0 radical (unpaired) electrons. The van der Waals surface area contributed by atoms with Crippen molar-refractivity contribution in [2.45, 2.75) is 38.3 Å². The van der Waals surface area contributed by atoms with Crippen LogP contribution < -0.4 is 10.6 Å². The summed E-state index contributed by atoms with van der Waals surface area (Å²) in [6.45, 7) is 0.655. The molecule has 3 aromatic rings. The van der Waals surface area contributed by atoms with Gasteiger partial charge in [0.1, 0.15) is 5.82 Å². The highest BCUT2D eigenvalue weighted by Crippen LogP contribution is 2.27. The molecular formula is C19H23FN6O. The topological polar surface area (TPSA) is 87.4 Å². The van der Waals surface area contributed by atoms with Crippen LogP contribution in [0.15, 0.2) is 36.9 Å². The molecule has 2 unspecified atom stereocenters. The molecule has 1 aliphatic carbocycles. The molecule has 0 aliphatic heterocycles. The molecule has 0 saturated heterocycles. The quantitative estimate of drug-likeness (QED) is 0.618. The van der Waals surface area contributed by atoms with Gasteiger partial charge in [-0.05, 0) is 24.5 Å². The number of halogens is 1. The Balaban J connectivity index is 1.60. The fraction of sp³-hybridized carbons (Fsp3) is 0.421. The maximum Gasteiger partial charge on any atom is 0.218 e. The van der Waals surface area contributed by atoms with Crippen molar-refractivity contribution in [1.29, 1.82) is 0 Å². The van der Waals surface area contributed by atoms with E-state index in [4.69, 9.17) is 0 Å². The zero-order valence-corrected chi connectivity index (χ0v) is 15.0. The number of hydrogen-bond acceptors (Lipinski definition) is 6. The number of fused-ring (bicyclic) bond motifs is 1. The molecule has 4 rings (SSSR count). The summed E-state index contributed by atoms with van der Waals surface area (Å²) in [4.78, 5) is 12.8. The number of aromatic nitrogens is 4. The zero-order valence-electron chi connectivity index (χ0n) is 15.0. The molecule has 0 aromatic carbocycles. The molecule has 0 spiro atoms. The van der Waals surface area contributed by atoms with Crippen LogP contribution in [-0.2, 0) is 6.54 Å². The van der Waals surface area contributed by atoms with Gasteiger partial charge in [-0.15, -0.1) is 0 Å². The summed E-state index contributed by atoms with van der Waals surface area (Å²) in [6, 6.07) is 3.96. The number of aliphatic hydroxyl groups is 1. The van der Waals surface area contributed by atoms with Gasteiger partial charge in [-0.1, -0.05) is 18.9 Å². The minimum absolute atomic E-state index is 0.131.